The summed E-state index contributed by atoms with van der Waals surface area (Å²) in [5, 5.41) is 21.6. The van der Waals surface area contributed by atoms with Crippen LogP contribution in [0.15, 0.2) is 18.2 Å². The second-order valence-corrected chi connectivity index (χ2v) is 4.73. The minimum absolute atomic E-state index is 0.0136. The number of hydrogen-bond donors (Lipinski definition) is 3. The number of hydrogen-bond acceptors (Lipinski definition) is 4. The minimum atomic E-state index is -0.584. The Kier molecular flexibility index (Phi) is 6.12. The van der Waals surface area contributed by atoms with Gasteiger partial charge in [-0.05, 0) is 38.0 Å². The lowest BCUT2D eigenvalue weighted by Crippen LogP contribution is -2.38. The Morgan fingerprint density at radius 3 is 2.72 bits per heavy atom. The van der Waals surface area contributed by atoms with Gasteiger partial charge in [-0.25, -0.2) is 0 Å². The van der Waals surface area contributed by atoms with Crippen molar-refractivity contribution in [2.75, 3.05) is 19.8 Å². The third-order valence-corrected chi connectivity index (χ3v) is 2.75. The summed E-state index contributed by atoms with van der Waals surface area (Å²) in [6.45, 7) is 6.56. The highest BCUT2D eigenvalue weighted by atomic mass is 16.5. The number of ether oxygens (including phenoxy) is 1. The topological polar surface area (TPSA) is 61.7 Å². The zero-order valence-corrected chi connectivity index (χ0v) is 11.3. The van der Waals surface area contributed by atoms with E-state index >= 15 is 0 Å². The van der Waals surface area contributed by atoms with Crippen molar-refractivity contribution >= 4 is 0 Å². The smallest absolute Gasteiger partial charge is 0.122 e. The minimum Gasteiger partial charge on any atom is -0.491 e. The molecule has 2 unspecified atom stereocenters. The molecule has 18 heavy (non-hydrogen) atoms. The van der Waals surface area contributed by atoms with Gasteiger partial charge in [0, 0.05) is 12.6 Å². The van der Waals surface area contributed by atoms with Gasteiger partial charge in [-0.2, -0.15) is 0 Å². The second-order valence-electron chi connectivity index (χ2n) is 4.73. The molecule has 1 aromatic rings. The lowest BCUT2D eigenvalue weighted by Gasteiger charge is -2.17. The molecule has 1 rings (SSSR count). The average molecular weight is 253 g/mol. The zero-order chi connectivity index (χ0) is 13.5. The van der Waals surface area contributed by atoms with Crippen LogP contribution in [-0.2, 0) is 0 Å². The molecule has 0 aliphatic heterocycles. The van der Waals surface area contributed by atoms with Gasteiger partial charge >= 0.3 is 0 Å². The molecular weight excluding hydrogens is 230 g/mol. The predicted octanol–water partition coefficient (Wildman–Crippen LogP) is 1.01. The molecule has 102 valence electrons. The van der Waals surface area contributed by atoms with E-state index in [2.05, 4.69) is 5.32 Å². The molecule has 0 aliphatic rings. The van der Waals surface area contributed by atoms with Crippen LogP contribution >= 0.6 is 0 Å². The highest BCUT2D eigenvalue weighted by Gasteiger charge is 2.08. The summed E-state index contributed by atoms with van der Waals surface area (Å²) in [4.78, 5) is 0. The second kappa shape index (κ2) is 7.36. The Bertz CT molecular complexity index is 368. The first-order chi connectivity index (χ1) is 8.52. The Labute approximate surface area is 109 Å². The molecule has 0 amide bonds. The summed E-state index contributed by atoms with van der Waals surface area (Å²) in [5.41, 5.74) is 2.20. The molecule has 0 saturated heterocycles. The molecule has 3 N–H and O–H groups in total. The van der Waals surface area contributed by atoms with Crippen molar-refractivity contribution in [1.29, 1.82) is 0 Å². The molecule has 0 aromatic heterocycles. The van der Waals surface area contributed by atoms with Gasteiger partial charge in [0.15, 0.2) is 0 Å². The van der Waals surface area contributed by atoms with Crippen molar-refractivity contribution in [2.24, 2.45) is 0 Å². The van der Waals surface area contributed by atoms with Crippen LogP contribution in [0.2, 0.25) is 0 Å². The molecular formula is C14H23NO3. The standard InChI is InChI=1S/C14H23NO3/c1-10-4-5-11(2)14(6-10)18-9-13(17)7-15-12(3)8-16/h4-6,12-13,15-17H,7-9H2,1-3H3. The van der Waals surface area contributed by atoms with Gasteiger partial charge in [0.2, 0.25) is 0 Å². The van der Waals surface area contributed by atoms with Crippen LogP contribution in [0.4, 0.5) is 0 Å². The summed E-state index contributed by atoms with van der Waals surface area (Å²) < 4.78 is 5.59. The van der Waals surface area contributed by atoms with Crippen molar-refractivity contribution < 1.29 is 14.9 Å². The van der Waals surface area contributed by atoms with Crippen molar-refractivity contribution in [1.82, 2.24) is 5.32 Å². The van der Waals surface area contributed by atoms with Crippen molar-refractivity contribution in [3.05, 3.63) is 29.3 Å². The Morgan fingerprint density at radius 2 is 2.06 bits per heavy atom. The fourth-order valence-electron chi connectivity index (χ4n) is 1.51. The normalized spacial score (nSPS) is 14.3. The van der Waals surface area contributed by atoms with Crippen LogP contribution in [0.3, 0.4) is 0 Å². The molecule has 0 saturated carbocycles. The molecule has 2 atom stereocenters. The molecule has 0 fully saturated rings. The van der Waals surface area contributed by atoms with Crippen LogP contribution in [0.5, 0.6) is 5.75 Å². The molecule has 0 aliphatic carbocycles. The van der Waals surface area contributed by atoms with Gasteiger partial charge in [0.25, 0.3) is 0 Å². The van der Waals surface area contributed by atoms with E-state index in [4.69, 9.17) is 9.84 Å². The first-order valence-electron chi connectivity index (χ1n) is 6.25. The predicted molar refractivity (Wildman–Crippen MR) is 72.0 cm³/mol. The molecule has 0 heterocycles. The number of aliphatic hydroxyl groups is 2. The number of benzene rings is 1. The van der Waals surface area contributed by atoms with Gasteiger partial charge in [-0.15, -0.1) is 0 Å². The largest absolute Gasteiger partial charge is 0.491 e. The maximum atomic E-state index is 9.75. The number of aryl methyl sites for hydroxylation is 2. The molecule has 0 radical (unpaired) electrons. The molecule has 4 heteroatoms. The van der Waals surface area contributed by atoms with Gasteiger partial charge < -0.3 is 20.3 Å². The van der Waals surface area contributed by atoms with Crippen molar-refractivity contribution in [3.8, 4) is 5.75 Å². The quantitative estimate of drug-likeness (QED) is 0.679. The van der Waals surface area contributed by atoms with Gasteiger partial charge in [-0.1, -0.05) is 12.1 Å². The van der Waals surface area contributed by atoms with Crippen LogP contribution in [-0.4, -0.2) is 42.1 Å². The summed E-state index contributed by atoms with van der Waals surface area (Å²) in [6.07, 6.45) is -0.584. The summed E-state index contributed by atoms with van der Waals surface area (Å²) >= 11 is 0. The van der Waals surface area contributed by atoms with Gasteiger partial charge in [0.1, 0.15) is 18.5 Å². The van der Waals surface area contributed by atoms with E-state index in [0.29, 0.717) is 6.54 Å². The fourth-order valence-corrected chi connectivity index (χ4v) is 1.51. The van der Waals surface area contributed by atoms with E-state index in [9.17, 15) is 5.11 Å². The summed E-state index contributed by atoms with van der Waals surface area (Å²) in [6, 6.07) is 5.98. The van der Waals surface area contributed by atoms with Crippen LogP contribution in [0, 0.1) is 13.8 Å². The van der Waals surface area contributed by atoms with Gasteiger partial charge in [0.05, 0.1) is 6.61 Å². The van der Waals surface area contributed by atoms with E-state index in [0.717, 1.165) is 16.9 Å². The lowest BCUT2D eigenvalue weighted by atomic mass is 10.1. The first kappa shape index (κ1) is 15.0. The van der Waals surface area contributed by atoms with Crippen LogP contribution in [0.1, 0.15) is 18.1 Å². The van der Waals surface area contributed by atoms with Crippen LogP contribution < -0.4 is 10.1 Å². The zero-order valence-electron chi connectivity index (χ0n) is 11.3. The molecule has 0 bridgehead atoms. The summed E-state index contributed by atoms with van der Waals surface area (Å²) in [5.74, 6) is 0.809. The van der Waals surface area contributed by atoms with E-state index < -0.39 is 6.10 Å². The fraction of sp³-hybridized carbons (Fsp3) is 0.571. The van der Waals surface area contributed by atoms with E-state index in [1.807, 2.05) is 39.0 Å². The SMILES string of the molecule is Cc1ccc(C)c(OCC(O)CNC(C)CO)c1. The third kappa shape index (κ3) is 5.04. The monoisotopic (exact) mass is 253 g/mol. The summed E-state index contributed by atoms with van der Waals surface area (Å²) in [7, 11) is 0. The Morgan fingerprint density at radius 1 is 1.33 bits per heavy atom. The Hall–Kier alpha value is -1.10. The maximum absolute atomic E-state index is 9.75. The number of rotatable bonds is 7. The highest BCUT2D eigenvalue weighted by molar-refractivity contribution is 5.35. The number of aliphatic hydroxyl groups excluding tert-OH is 2. The van der Waals surface area contributed by atoms with Crippen molar-refractivity contribution in [2.45, 2.75) is 32.9 Å². The Balaban J connectivity index is 2.37. The van der Waals surface area contributed by atoms with E-state index in [-0.39, 0.29) is 19.3 Å². The van der Waals surface area contributed by atoms with Crippen LogP contribution in [0.25, 0.3) is 0 Å². The maximum Gasteiger partial charge on any atom is 0.122 e. The average Bonchev–Trinajstić information content (AvgIpc) is 2.36. The lowest BCUT2D eigenvalue weighted by molar-refractivity contribution is 0.100. The van der Waals surface area contributed by atoms with Gasteiger partial charge in [-0.3, -0.25) is 0 Å². The van der Waals surface area contributed by atoms with Crippen molar-refractivity contribution in [3.63, 3.8) is 0 Å². The number of nitrogens with one attached hydrogen (secondary N) is 1. The highest BCUT2D eigenvalue weighted by Crippen LogP contribution is 2.19. The third-order valence-electron chi connectivity index (χ3n) is 2.75. The molecule has 0 spiro atoms. The first-order valence-corrected chi connectivity index (χ1v) is 6.25. The van der Waals surface area contributed by atoms with E-state index in [1.54, 1.807) is 0 Å². The molecule has 4 nitrogen and oxygen atoms in total. The van der Waals surface area contributed by atoms with E-state index in [1.165, 1.54) is 0 Å². The molecule has 1 aromatic carbocycles.